The first-order valence-electron chi connectivity index (χ1n) is 13.1. The van der Waals surface area contributed by atoms with Gasteiger partial charge in [0.2, 0.25) is 11.9 Å². The second kappa shape index (κ2) is 11.5. The van der Waals surface area contributed by atoms with Crippen LogP contribution in [0.3, 0.4) is 0 Å². The highest BCUT2D eigenvalue weighted by atomic mass is 16.1. The number of amides is 1. The van der Waals surface area contributed by atoms with Crippen LogP contribution in [-0.2, 0) is 17.9 Å². The van der Waals surface area contributed by atoms with Crippen LogP contribution in [0.4, 0.5) is 17.3 Å². The second-order valence-electron chi connectivity index (χ2n) is 9.50. The number of carbonyl (C=O) groups is 1. The predicted molar refractivity (Wildman–Crippen MR) is 153 cm³/mol. The molecule has 0 saturated carbocycles. The number of pyridine rings is 1. The molecule has 11 nitrogen and oxygen atoms in total. The molecule has 4 heterocycles. The van der Waals surface area contributed by atoms with E-state index in [1.165, 1.54) is 16.6 Å². The lowest BCUT2D eigenvalue weighted by Gasteiger charge is -2.34. The maximum Gasteiger partial charge on any atom is 0.278 e. The zero-order valence-electron chi connectivity index (χ0n) is 22.3. The SMILES string of the molecule is C=CCn1c(=O)c2cnc(Nc3ccc(N4CCN(C)CC4)cc3)nc2n1-c1cccc(CNC(=O)CC)n1. The van der Waals surface area contributed by atoms with Crippen molar-refractivity contribution in [2.24, 2.45) is 0 Å². The molecule has 1 amide bonds. The number of aromatic nitrogens is 5. The Balaban J connectivity index is 1.45. The fraction of sp³-hybridized carbons (Fsp3) is 0.321. The molecule has 1 fully saturated rings. The summed E-state index contributed by atoms with van der Waals surface area (Å²) in [6.45, 7) is 10.3. The van der Waals surface area contributed by atoms with Gasteiger partial charge >= 0.3 is 0 Å². The third-order valence-electron chi connectivity index (χ3n) is 6.77. The van der Waals surface area contributed by atoms with E-state index in [-0.39, 0.29) is 24.6 Å². The lowest BCUT2D eigenvalue weighted by molar-refractivity contribution is -0.120. The second-order valence-corrected chi connectivity index (χ2v) is 9.50. The van der Waals surface area contributed by atoms with Crippen molar-refractivity contribution in [1.82, 2.24) is 34.5 Å². The molecular weight excluding hydrogens is 494 g/mol. The number of allylic oxidation sites excluding steroid dienone is 1. The zero-order chi connectivity index (χ0) is 27.4. The monoisotopic (exact) mass is 527 g/mol. The van der Waals surface area contributed by atoms with E-state index in [0.29, 0.717) is 34.9 Å². The van der Waals surface area contributed by atoms with E-state index in [2.05, 4.69) is 51.2 Å². The highest BCUT2D eigenvalue weighted by molar-refractivity contribution is 5.77. The van der Waals surface area contributed by atoms with E-state index in [4.69, 9.17) is 9.97 Å². The number of nitrogens with one attached hydrogen (secondary N) is 2. The van der Waals surface area contributed by atoms with Gasteiger partial charge in [0.15, 0.2) is 11.5 Å². The van der Waals surface area contributed by atoms with Gasteiger partial charge in [0.05, 0.1) is 18.8 Å². The number of fused-ring (bicyclic) bond motifs is 1. The molecule has 11 heteroatoms. The van der Waals surface area contributed by atoms with E-state index in [0.717, 1.165) is 31.9 Å². The molecule has 0 spiro atoms. The number of carbonyl (C=O) groups excluding carboxylic acids is 1. The van der Waals surface area contributed by atoms with E-state index in [1.54, 1.807) is 23.7 Å². The smallest absolute Gasteiger partial charge is 0.278 e. The maximum absolute atomic E-state index is 13.2. The Morgan fingerprint density at radius 2 is 1.85 bits per heavy atom. The van der Waals surface area contributed by atoms with Gasteiger partial charge in [-0.3, -0.25) is 9.59 Å². The lowest BCUT2D eigenvalue weighted by Crippen LogP contribution is -2.44. The van der Waals surface area contributed by atoms with Crippen LogP contribution < -0.4 is 21.1 Å². The molecule has 202 valence electrons. The van der Waals surface area contributed by atoms with Gasteiger partial charge in [-0.05, 0) is 43.4 Å². The first kappa shape index (κ1) is 26.1. The summed E-state index contributed by atoms with van der Waals surface area (Å²) in [5, 5.41) is 6.47. The van der Waals surface area contributed by atoms with Gasteiger partial charge < -0.3 is 20.4 Å². The largest absolute Gasteiger partial charge is 0.369 e. The van der Waals surface area contributed by atoms with Crippen LogP contribution in [0, 0.1) is 0 Å². The molecule has 1 aliphatic heterocycles. The summed E-state index contributed by atoms with van der Waals surface area (Å²) in [6.07, 6.45) is 3.58. The number of hydrogen-bond acceptors (Lipinski definition) is 8. The van der Waals surface area contributed by atoms with Crippen LogP contribution in [0.25, 0.3) is 16.9 Å². The van der Waals surface area contributed by atoms with Crippen LogP contribution >= 0.6 is 0 Å². The van der Waals surface area contributed by atoms with Crippen LogP contribution in [0.15, 0.2) is 66.1 Å². The molecule has 0 unspecified atom stereocenters. The molecular formula is C28H33N9O2. The van der Waals surface area contributed by atoms with Crippen LogP contribution in [0.1, 0.15) is 19.0 Å². The lowest BCUT2D eigenvalue weighted by atomic mass is 10.2. The average Bonchev–Trinajstić information content (AvgIpc) is 3.23. The topological polar surface area (TPSA) is 113 Å². The zero-order valence-corrected chi connectivity index (χ0v) is 22.3. The molecule has 0 radical (unpaired) electrons. The van der Waals surface area contributed by atoms with Gasteiger partial charge in [0.25, 0.3) is 5.56 Å². The first-order valence-corrected chi connectivity index (χ1v) is 13.1. The molecule has 2 N–H and O–H groups in total. The summed E-state index contributed by atoms with van der Waals surface area (Å²) < 4.78 is 3.20. The summed E-state index contributed by atoms with van der Waals surface area (Å²) in [7, 11) is 2.14. The quantitative estimate of drug-likeness (QED) is 0.320. The fourth-order valence-corrected chi connectivity index (χ4v) is 4.56. The van der Waals surface area contributed by atoms with Crippen molar-refractivity contribution < 1.29 is 4.79 Å². The third-order valence-corrected chi connectivity index (χ3v) is 6.77. The molecule has 1 aromatic carbocycles. The highest BCUT2D eigenvalue weighted by Gasteiger charge is 2.18. The first-order chi connectivity index (χ1) is 19.0. The van der Waals surface area contributed by atoms with Crippen molar-refractivity contribution in [3.8, 4) is 5.82 Å². The Hall–Kier alpha value is -4.51. The Morgan fingerprint density at radius 3 is 2.56 bits per heavy atom. The Morgan fingerprint density at radius 1 is 1.08 bits per heavy atom. The van der Waals surface area contributed by atoms with Gasteiger partial charge in [-0.1, -0.05) is 19.1 Å². The number of nitrogens with zero attached hydrogens (tertiary/aromatic N) is 7. The minimum atomic E-state index is -0.237. The average molecular weight is 528 g/mol. The molecule has 0 atom stereocenters. The van der Waals surface area contributed by atoms with Crippen LogP contribution in [0.5, 0.6) is 0 Å². The minimum absolute atomic E-state index is 0.0581. The summed E-state index contributed by atoms with van der Waals surface area (Å²) in [5.74, 6) is 0.816. The molecule has 0 bridgehead atoms. The summed E-state index contributed by atoms with van der Waals surface area (Å²) in [4.78, 5) is 43.5. The highest BCUT2D eigenvalue weighted by Crippen LogP contribution is 2.22. The number of likely N-dealkylation sites (N-methyl/N-ethyl adjacent to an activating group) is 1. The van der Waals surface area contributed by atoms with Crippen molar-refractivity contribution in [2.75, 3.05) is 43.4 Å². The van der Waals surface area contributed by atoms with E-state index < -0.39 is 0 Å². The van der Waals surface area contributed by atoms with Crippen molar-refractivity contribution in [3.05, 3.63) is 77.4 Å². The number of piperazine rings is 1. The van der Waals surface area contributed by atoms with Gasteiger partial charge in [-0.15, -0.1) is 6.58 Å². The van der Waals surface area contributed by atoms with Crippen LogP contribution in [-0.4, -0.2) is 68.3 Å². The standard InChI is InChI=1S/C28H33N9O2/c1-4-13-36-27(39)23-19-30-28(32-20-9-11-22(12-10-20)35-16-14-34(3)15-17-35)33-26(23)37(36)24-8-6-7-21(31-24)18-29-25(38)5-2/h4,6-12,19H,1,5,13-18H2,2-3H3,(H,29,38)(H,30,32,33). The molecule has 3 aromatic heterocycles. The molecule has 0 aliphatic carbocycles. The third kappa shape index (κ3) is 5.68. The van der Waals surface area contributed by atoms with E-state index in [9.17, 15) is 9.59 Å². The molecule has 1 aliphatic rings. The fourth-order valence-electron chi connectivity index (χ4n) is 4.56. The van der Waals surface area contributed by atoms with Crippen molar-refractivity contribution in [2.45, 2.75) is 26.4 Å². The number of benzene rings is 1. The Kier molecular flexibility index (Phi) is 7.69. The van der Waals surface area contributed by atoms with Crippen molar-refractivity contribution >= 4 is 34.3 Å². The number of hydrogen-bond donors (Lipinski definition) is 2. The summed E-state index contributed by atoms with van der Waals surface area (Å²) >= 11 is 0. The Bertz CT molecular complexity index is 1530. The summed E-state index contributed by atoms with van der Waals surface area (Å²) in [6, 6.07) is 13.7. The Labute approximate surface area is 226 Å². The molecule has 39 heavy (non-hydrogen) atoms. The van der Waals surface area contributed by atoms with E-state index >= 15 is 0 Å². The molecule has 1 saturated heterocycles. The van der Waals surface area contributed by atoms with Crippen molar-refractivity contribution in [3.63, 3.8) is 0 Å². The van der Waals surface area contributed by atoms with Gasteiger partial charge in [0.1, 0.15) is 5.39 Å². The normalized spacial score (nSPS) is 13.9. The predicted octanol–water partition coefficient (Wildman–Crippen LogP) is 2.68. The van der Waals surface area contributed by atoms with Crippen LogP contribution in [0.2, 0.25) is 0 Å². The molecule has 4 aromatic rings. The molecule has 5 rings (SSSR count). The van der Waals surface area contributed by atoms with Gasteiger partial charge in [0, 0.05) is 50.2 Å². The summed E-state index contributed by atoms with van der Waals surface area (Å²) in [5.41, 5.74) is 2.89. The number of anilines is 3. The maximum atomic E-state index is 13.2. The van der Waals surface area contributed by atoms with Crippen molar-refractivity contribution in [1.29, 1.82) is 0 Å². The number of rotatable bonds is 9. The van der Waals surface area contributed by atoms with E-state index in [1.807, 2.05) is 24.3 Å². The van der Waals surface area contributed by atoms with Gasteiger partial charge in [-0.2, -0.15) is 4.98 Å². The van der Waals surface area contributed by atoms with Gasteiger partial charge in [-0.25, -0.2) is 19.3 Å². The minimum Gasteiger partial charge on any atom is -0.369 e.